The van der Waals surface area contributed by atoms with E-state index in [4.69, 9.17) is 4.74 Å². The highest BCUT2D eigenvalue weighted by molar-refractivity contribution is 4.76. The molecule has 2 atom stereocenters. The summed E-state index contributed by atoms with van der Waals surface area (Å²) in [6.07, 6.45) is 5.27. The van der Waals surface area contributed by atoms with E-state index in [1.54, 1.807) is 0 Å². The van der Waals surface area contributed by atoms with Crippen LogP contribution in [0, 0.1) is 0 Å². The van der Waals surface area contributed by atoms with Crippen molar-refractivity contribution in [1.29, 1.82) is 0 Å². The van der Waals surface area contributed by atoms with Crippen molar-refractivity contribution in [3.63, 3.8) is 0 Å². The molecular formula is C8H14O2. The second-order valence-electron chi connectivity index (χ2n) is 2.69. The van der Waals surface area contributed by atoms with E-state index in [1.807, 2.05) is 0 Å². The minimum Gasteiger partial charge on any atom is -0.496 e. The van der Waals surface area contributed by atoms with E-state index >= 15 is 0 Å². The number of ether oxygens (including phenoxy) is 1. The number of aliphatic hydroxyl groups is 1. The summed E-state index contributed by atoms with van der Waals surface area (Å²) in [6.45, 7) is 3.46. The fourth-order valence-corrected chi connectivity index (χ4v) is 1.36. The Morgan fingerprint density at radius 2 is 2.10 bits per heavy atom. The molecule has 1 rings (SSSR count). The third-order valence-corrected chi connectivity index (χ3v) is 1.94. The quantitative estimate of drug-likeness (QED) is 0.591. The summed E-state index contributed by atoms with van der Waals surface area (Å²) in [5.74, 6) is 0. The molecule has 2 unspecified atom stereocenters. The van der Waals surface area contributed by atoms with Gasteiger partial charge in [0.2, 0.25) is 0 Å². The summed E-state index contributed by atoms with van der Waals surface area (Å²) in [4.78, 5) is 0. The molecule has 1 aliphatic rings. The first-order valence-electron chi connectivity index (χ1n) is 3.79. The molecule has 0 aromatic heterocycles. The maximum atomic E-state index is 9.33. The van der Waals surface area contributed by atoms with E-state index in [2.05, 4.69) is 6.58 Å². The molecule has 0 bridgehead atoms. The van der Waals surface area contributed by atoms with Crippen LogP contribution in [0.3, 0.4) is 0 Å². The third kappa shape index (κ3) is 1.74. The van der Waals surface area contributed by atoms with Crippen LogP contribution in [0.1, 0.15) is 25.7 Å². The fourth-order valence-electron chi connectivity index (χ4n) is 1.36. The van der Waals surface area contributed by atoms with Crippen molar-refractivity contribution >= 4 is 0 Å². The van der Waals surface area contributed by atoms with Crippen molar-refractivity contribution in [1.82, 2.24) is 0 Å². The van der Waals surface area contributed by atoms with Crippen molar-refractivity contribution < 1.29 is 9.84 Å². The average molecular weight is 142 g/mol. The van der Waals surface area contributed by atoms with Crippen molar-refractivity contribution in [2.45, 2.75) is 37.9 Å². The highest BCUT2D eigenvalue weighted by Gasteiger charge is 2.22. The molecule has 2 nitrogen and oxygen atoms in total. The Kier molecular flexibility index (Phi) is 2.75. The second-order valence-corrected chi connectivity index (χ2v) is 2.69. The van der Waals surface area contributed by atoms with E-state index in [0.29, 0.717) is 0 Å². The molecule has 0 amide bonds. The maximum absolute atomic E-state index is 9.33. The number of aliphatic hydroxyl groups excluding tert-OH is 1. The molecule has 0 spiro atoms. The van der Waals surface area contributed by atoms with Gasteiger partial charge in [-0.05, 0) is 19.3 Å². The third-order valence-electron chi connectivity index (χ3n) is 1.94. The largest absolute Gasteiger partial charge is 0.496 e. The van der Waals surface area contributed by atoms with E-state index in [-0.39, 0.29) is 12.2 Å². The van der Waals surface area contributed by atoms with Crippen LogP contribution in [-0.2, 0) is 4.74 Å². The Morgan fingerprint density at radius 3 is 2.70 bits per heavy atom. The molecule has 1 fully saturated rings. The molecule has 1 aliphatic carbocycles. The summed E-state index contributed by atoms with van der Waals surface area (Å²) in [5, 5.41) is 9.33. The van der Waals surface area contributed by atoms with Gasteiger partial charge < -0.3 is 9.84 Å². The molecule has 0 heterocycles. The molecule has 1 saturated carbocycles. The molecule has 1 N–H and O–H groups in total. The first-order valence-corrected chi connectivity index (χ1v) is 3.79. The molecule has 2 heteroatoms. The molecule has 10 heavy (non-hydrogen) atoms. The van der Waals surface area contributed by atoms with Gasteiger partial charge in [-0.2, -0.15) is 0 Å². The van der Waals surface area contributed by atoms with Crippen LogP contribution in [0.4, 0.5) is 0 Å². The zero-order valence-corrected chi connectivity index (χ0v) is 6.12. The summed E-state index contributed by atoms with van der Waals surface area (Å²) in [7, 11) is 0. The normalized spacial score (nSPS) is 33.3. The van der Waals surface area contributed by atoms with Crippen molar-refractivity contribution in [2.75, 3.05) is 0 Å². The van der Waals surface area contributed by atoms with Crippen LogP contribution in [0.5, 0.6) is 0 Å². The Bertz CT molecular complexity index is 112. The zero-order valence-electron chi connectivity index (χ0n) is 6.12. The van der Waals surface area contributed by atoms with Crippen LogP contribution < -0.4 is 0 Å². The Hall–Kier alpha value is -0.500. The predicted molar refractivity (Wildman–Crippen MR) is 39.5 cm³/mol. The number of hydrogen-bond acceptors (Lipinski definition) is 2. The first-order chi connectivity index (χ1) is 4.84. The summed E-state index contributed by atoms with van der Waals surface area (Å²) >= 11 is 0. The van der Waals surface area contributed by atoms with Crippen molar-refractivity contribution in [3.05, 3.63) is 12.8 Å². The van der Waals surface area contributed by atoms with Gasteiger partial charge in [0.25, 0.3) is 0 Å². The highest BCUT2D eigenvalue weighted by Crippen LogP contribution is 2.20. The van der Waals surface area contributed by atoms with Crippen molar-refractivity contribution in [3.8, 4) is 0 Å². The van der Waals surface area contributed by atoms with Gasteiger partial charge in [-0.3, -0.25) is 0 Å². The summed E-state index contributed by atoms with van der Waals surface area (Å²) < 4.78 is 5.11. The van der Waals surface area contributed by atoms with Gasteiger partial charge in [0, 0.05) is 0 Å². The van der Waals surface area contributed by atoms with Gasteiger partial charge in [-0.15, -0.1) is 0 Å². The highest BCUT2D eigenvalue weighted by atomic mass is 16.5. The van der Waals surface area contributed by atoms with Gasteiger partial charge >= 0.3 is 0 Å². The first kappa shape index (κ1) is 7.61. The molecule has 0 aromatic carbocycles. The van der Waals surface area contributed by atoms with Crippen LogP contribution in [0.15, 0.2) is 12.8 Å². The van der Waals surface area contributed by atoms with Gasteiger partial charge in [0.15, 0.2) is 0 Å². The maximum Gasteiger partial charge on any atom is 0.124 e. The molecule has 0 aromatic rings. The zero-order chi connectivity index (χ0) is 7.40. The summed E-state index contributed by atoms with van der Waals surface area (Å²) in [5.41, 5.74) is 0. The van der Waals surface area contributed by atoms with Crippen LogP contribution in [0.2, 0.25) is 0 Å². The van der Waals surface area contributed by atoms with E-state index < -0.39 is 0 Å². The molecule has 0 saturated heterocycles. The predicted octanol–water partition coefficient (Wildman–Crippen LogP) is 1.45. The van der Waals surface area contributed by atoms with E-state index in [9.17, 15) is 5.11 Å². The van der Waals surface area contributed by atoms with Gasteiger partial charge in [-0.1, -0.05) is 13.0 Å². The molecule has 0 radical (unpaired) electrons. The van der Waals surface area contributed by atoms with Crippen LogP contribution >= 0.6 is 0 Å². The Labute approximate surface area is 61.5 Å². The second kappa shape index (κ2) is 3.62. The standard InChI is InChI=1S/C8H14O2/c1-2-10-8-6-4-3-5-7(8)9/h2,7-9H,1,3-6H2. The van der Waals surface area contributed by atoms with Gasteiger partial charge in [0.05, 0.1) is 12.4 Å². The van der Waals surface area contributed by atoms with Crippen LogP contribution in [0.25, 0.3) is 0 Å². The monoisotopic (exact) mass is 142 g/mol. The van der Waals surface area contributed by atoms with Gasteiger partial charge in [-0.25, -0.2) is 0 Å². The smallest absolute Gasteiger partial charge is 0.124 e. The number of rotatable bonds is 2. The lowest BCUT2D eigenvalue weighted by atomic mass is 9.95. The number of hydrogen-bond donors (Lipinski definition) is 1. The Balaban J connectivity index is 2.32. The lowest BCUT2D eigenvalue weighted by Crippen LogP contribution is -2.30. The fraction of sp³-hybridized carbons (Fsp3) is 0.750. The lowest BCUT2D eigenvalue weighted by Gasteiger charge is -2.26. The van der Waals surface area contributed by atoms with Crippen molar-refractivity contribution in [2.24, 2.45) is 0 Å². The lowest BCUT2D eigenvalue weighted by molar-refractivity contribution is -0.0174. The minimum atomic E-state index is -0.272. The van der Waals surface area contributed by atoms with E-state index in [0.717, 1.165) is 25.7 Å². The SMILES string of the molecule is C=COC1CCCCC1O. The Morgan fingerprint density at radius 1 is 1.40 bits per heavy atom. The van der Waals surface area contributed by atoms with Crippen LogP contribution in [-0.4, -0.2) is 17.3 Å². The van der Waals surface area contributed by atoms with E-state index in [1.165, 1.54) is 6.26 Å². The average Bonchev–Trinajstić information content (AvgIpc) is 1.94. The topological polar surface area (TPSA) is 29.5 Å². The van der Waals surface area contributed by atoms with Gasteiger partial charge in [0.1, 0.15) is 6.10 Å². The molecular weight excluding hydrogens is 128 g/mol. The molecule has 58 valence electrons. The minimum absolute atomic E-state index is 0.00579. The summed E-state index contributed by atoms with van der Waals surface area (Å²) in [6, 6.07) is 0. The molecule has 0 aliphatic heterocycles.